The molecule has 0 amide bonds. The van der Waals surface area contributed by atoms with Crippen LogP contribution in [0.2, 0.25) is 0 Å². The average Bonchev–Trinajstić information content (AvgIpc) is 2.81. The minimum atomic E-state index is 0.0602. The summed E-state index contributed by atoms with van der Waals surface area (Å²) in [5, 5.41) is 4.19. The first-order chi connectivity index (χ1) is 10.1. The van der Waals surface area contributed by atoms with Gasteiger partial charge in [0, 0.05) is 19.5 Å². The van der Waals surface area contributed by atoms with E-state index in [0.717, 1.165) is 37.6 Å². The summed E-state index contributed by atoms with van der Waals surface area (Å²) in [7, 11) is 1.58. The Morgan fingerprint density at radius 3 is 2.57 bits per heavy atom. The molecule has 0 aliphatic heterocycles. The molecule has 0 fully saturated rings. The summed E-state index contributed by atoms with van der Waals surface area (Å²) < 4.78 is 5.34. The smallest absolute Gasteiger partial charge is 0.176 e. The number of rotatable bonds is 10. The molecule has 6 heteroatoms. The van der Waals surface area contributed by atoms with Crippen molar-refractivity contribution < 1.29 is 9.53 Å². The number of thiophene rings is 1. The summed E-state index contributed by atoms with van der Waals surface area (Å²) in [6.07, 6.45) is 1.60. The Morgan fingerprint density at radius 2 is 2.05 bits per heavy atom. The molecule has 21 heavy (non-hydrogen) atoms. The molecule has 0 radical (unpaired) electrons. The quantitative estimate of drug-likeness (QED) is 0.650. The van der Waals surface area contributed by atoms with Gasteiger partial charge in [-0.3, -0.25) is 4.79 Å². The van der Waals surface area contributed by atoms with Gasteiger partial charge in [0.1, 0.15) is 5.00 Å². The Bertz CT molecular complexity index is 460. The minimum Gasteiger partial charge on any atom is -0.492 e. The van der Waals surface area contributed by atoms with Gasteiger partial charge in [0.25, 0.3) is 0 Å². The Morgan fingerprint density at radius 1 is 1.33 bits per heavy atom. The molecule has 1 aromatic heterocycles. The van der Waals surface area contributed by atoms with Crippen molar-refractivity contribution in [2.75, 3.05) is 44.3 Å². The summed E-state index contributed by atoms with van der Waals surface area (Å²) in [4.78, 5) is 14.8. The highest BCUT2D eigenvalue weighted by Gasteiger charge is 2.20. The molecule has 1 aromatic rings. The molecule has 0 aromatic carbocycles. The van der Waals surface area contributed by atoms with Crippen LogP contribution in [-0.4, -0.2) is 44.0 Å². The number of ketones is 1. The minimum absolute atomic E-state index is 0.0602. The van der Waals surface area contributed by atoms with Crippen LogP contribution in [0.4, 0.5) is 10.7 Å². The van der Waals surface area contributed by atoms with E-state index in [1.165, 1.54) is 11.3 Å². The molecule has 0 saturated carbocycles. The van der Waals surface area contributed by atoms with Gasteiger partial charge in [-0.15, -0.1) is 11.3 Å². The zero-order valence-electron chi connectivity index (χ0n) is 13.5. The van der Waals surface area contributed by atoms with E-state index in [0.29, 0.717) is 22.7 Å². The maximum absolute atomic E-state index is 11.9. The molecule has 3 N–H and O–H groups in total. The number of Topliss-reactive ketones (excluding diaryl/α,β-unsaturated/α-hetero) is 1. The fourth-order valence-electron chi connectivity index (χ4n) is 2.19. The van der Waals surface area contributed by atoms with Crippen molar-refractivity contribution >= 4 is 27.8 Å². The molecule has 120 valence electrons. The number of carbonyl (C=O) groups excluding carboxylic acids is 1. The Kier molecular flexibility index (Phi) is 7.53. The highest BCUT2D eigenvalue weighted by molar-refractivity contribution is 7.19. The molecule has 0 spiro atoms. The van der Waals surface area contributed by atoms with Gasteiger partial charge in [-0.2, -0.15) is 0 Å². The standard InChI is InChI=1S/C15H27N3O2S/c1-5-9-18(7-3)10-8-17-15-13(20-4)12(16)14(21-15)11(19)6-2/h17H,5-10,16H2,1-4H3. The lowest BCUT2D eigenvalue weighted by molar-refractivity contribution is 0.0992. The number of ether oxygens (including phenoxy) is 1. The van der Waals surface area contributed by atoms with Gasteiger partial charge in [0.05, 0.1) is 17.7 Å². The third kappa shape index (κ3) is 4.61. The van der Waals surface area contributed by atoms with Gasteiger partial charge in [0.15, 0.2) is 11.5 Å². The number of nitrogens with zero attached hydrogens (tertiary/aromatic N) is 1. The number of hydrogen-bond acceptors (Lipinski definition) is 6. The summed E-state index contributed by atoms with van der Waals surface area (Å²) in [6, 6.07) is 0. The van der Waals surface area contributed by atoms with Gasteiger partial charge >= 0.3 is 0 Å². The summed E-state index contributed by atoms with van der Waals surface area (Å²) in [6.45, 7) is 10.1. The predicted octanol–water partition coefficient (Wildman–Crippen LogP) is 3.08. The SMILES string of the molecule is CCCN(CC)CCNc1sc(C(=O)CC)c(N)c1OC. The molecular formula is C15H27N3O2S. The third-order valence-electron chi connectivity index (χ3n) is 3.38. The number of nitrogens with one attached hydrogen (secondary N) is 1. The Labute approximate surface area is 131 Å². The molecule has 0 aliphatic rings. The summed E-state index contributed by atoms with van der Waals surface area (Å²) >= 11 is 1.39. The van der Waals surface area contributed by atoms with E-state index >= 15 is 0 Å². The van der Waals surface area contributed by atoms with Crippen LogP contribution < -0.4 is 15.8 Å². The van der Waals surface area contributed by atoms with Crippen LogP contribution in [0.15, 0.2) is 0 Å². The number of anilines is 2. The van der Waals surface area contributed by atoms with Crippen LogP contribution in [0.25, 0.3) is 0 Å². The second-order valence-electron chi connectivity index (χ2n) is 4.85. The van der Waals surface area contributed by atoms with Crippen LogP contribution in [0.5, 0.6) is 5.75 Å². The van der Waals surface area contributed by atoms with E-state index in [9.17, 15) is 4.79 Å². The van der Waals surface area contributed by atoms with Crippen molar-refractivity contribution in [2.45, 2.75) is 33.6 Å². The largest absolute Gasteiger partial charge is 0.492 e. The number of likely N-dealkylation sites (N-methyl/N-ethyl adjacent to an activating group) is 1. The number of nitrogens with two attached hydrogens (primary N) is 1. The van der Waals surface area contributed by atoms with Crippen molar-refractivity contribution in [2.24, 2.45) is 0 Å². The molecule has 0 atom stereocenters. The zero-order chi connectivity index (χ0) is 15.8. The fraction of sp³-hybridized carbons (Fsp3) is 0.667. The van der Waals surface area contributed by atoms with Crippen molar-refractivity contribution in [1.29, 1.82) is 0 Å². The lowest BCUT2D eigenvalue weighted by Gasteiger charge is -2.19. The maximum Gasteiger partial charge on any atom is 0.176 e. The molecule has 1 heterocycles. The van der Waals surface area contributed by atoms with Crippen LogP contribution in [0.1, 0.15) is 43.3 Å². The molecular weight excluding hydrogens is 286 g/mol. The number of nitrogen functional groups attached to an aromatic ring is 1. The highest BCUT2D eigenvalue weighted by Crippen LogP contribution is 2.42. The van der Waals surface area contributed by atoms with E-state index in [4.69, 9.17) is 10.5 Å². The predicted molar refractivity (Wildman–Crippen MR) is 90.8 cm³/mol. The van der Waals surface area contributed by atoms with E-state index < -0.39 is 0 Å². The number of carbonyl (C=O) groups is 1. The van der Waals surface area contributed by atoms with Gasteiger partial charge in [0.2, 0.25) is 0 Å². The second-order valence-corrected chi connectivity index (χ2v) is 5.87. The molecule has 5 nitrogen and oxygen atoms in total. The maximum atomic E-state index is 11.9. The highest BCUT2D eigenvalue weighted by atomic mass is 32.1. The van der Waals surface area contributed by atoms with Gasteiger partial charge in [-0.25, -0.2) is 0 Å². The third-order valence-corrected chi connectivity index (χ3v) is 4.56. The van der Waals surface area contributed by atoms with Crippen molar-refractivity contribution in [3.8, 4) is 5.75 Å². The van der Waals surface area contributed by atoms with Gasteiger partial charge in [-0.1, -0.05) is 20.8 Å². The van der Waals surface area contributed by atoms with Crippen molar-refractivity contribution in [1.82, 2.24) is 4.90 Å². The fourth-order valence-corrected chi connectivity index (χ4v) is 3.31. The zero-order valence-corrected chi connectivity index (χ0v) is 14.3. The normalized spacial score (nSPS) is 10.9. The molecule has 0 aliphatic carbocycles. The summed E-state index contributed by atoms with van der Waals surface area (Å²) in [5.41, 5.74) is 6.47. The van der Waals surface area contributed by atoms with E-state index in [1.807, 2.05) is 6.92 Å². The van der Waals surface area contributed by atoms with Crippen LogP contribution in [0, 0.1) is 0 Å². The van der Waals surface area contributed by atoms with Gasteiger partial charge in [-0.05, 0) is 19.5 Å². The lowest BCUT2D eigenvalue weighted by Crippen LogP contribution is -2.29. The van der Waals surface area contributed by atoms with E-state index in [-0.39, 0.29) is 5.78 Å². The lowest BCUT2D eigenvalue weighted by atomic mass is 10.2. The molecule has 0 saturated heterocycles. The second kappa shape index (κ2) is 8.89. The van der Waals surface area contributed by atoms with Crippen molar-refractivity contribution in [3.63, 3.8) is 0 Å². The monoisotopic (exact) mass is 313 g/mol. The van der Waals surface area contributed by atoms with Crippen LogP contribution >= 0.6 is 11.3 Å². The number of methoxy groups -OCH3 is 1. The van der Waals surface area contributed by atoms with Gasteiger partial charge < -0.3 is 20.7 Å². The topological polar surface area (TPSA) is 67.6 Å². The molecule has 0 unspecified atom stereocenters. The molecule has 1 rings (SSSR count). The number of hydrogen-bond donors (Lipinski definition) is 2. The first-order valence-corrected chi connectivity index (χ1v) is 8.36. The van der Waals surface area contributed by atoms with Crippen molar-refractivity contribution in [3.05, 3.63) is 4.88 Å². The Balaban J connectivity index is 2.72. The molecule has 0 bridgehead atoms. The average molecular weight is 313 g/mol. The summed E-state index contributed by atoms with van der Waals surface area (Å²) in [5.74, 6) is 0.653. The van der Waals surface area contributed by atoms with E-state index in [1.54, 1.807) is 7.11 Å². The first kappa shape index (κ1) is 17.8. The van der Waals surface area contributed by atoms with Crippen LogP contribution in [-0.2, 0) is 0 Å². The van der Waals surface area contributed by atoms with E-state index in [2.05, 4.69) is 24.1 Å². The first-order valence-electron chi connectivity index (χ1n) is 7.54. The Hall–Kier alpha value is -1.27. The van der Waals surface area contributed by atoms with Crippen LogP contribution in [0.3, 0.4) is 0 Å².